The van der Waals surface area contributed by atoms with E-state index < -0.39 is 6.10 Å². The number of anilines is 1. The minimum absolute atomic E-state index is 0.367. The van der Waals surface area contributed by atoms with Crippen LogP contribution in [0.25, 0.3) is 0 Å². The van der Waals surface area contributed by atoms with E-state index in [0.717, 1.165) is 15.7 Å². The first-order chi connectivity index (χ1) is 9.60. The van der Waals surface area contributed by atoms with Gasteiger partial charge in [0.05, 0.1) is 17.7 Å². The Morgan fingerprint density at radius 2 is 1.95 bits per heavy atom. The quantitative estimate of drug-likeness (QED) is 0.871. The molecule has 0 radical (unpaired) electrons. The van der Waals surface area contributed by atoms with Gasteiger partial charge in [-0.3, -0.25) is 0 Å². The van der Waals surface area contributed by atoms with Crippen LogP contribution in [0, 0.1) is 11.3 Å². The molecule has 0 aliphatic heterocycles. The van der Waals surface area contributed by atoms with Gasteiger partial charge >= 0.3 is 0 Å². The van der Waals surface area contributed by atoms with Crippen molar-refractivity contribution in [2.75, 3.05) is 11.9 Å². The summed E-state index contributed by atoms with van der Waals surface area (Å²) < 4.78 is 0.844. The Morgan fingerprint density at radius 3 is 2.55 bits per heavy atom. The second kappa shape index (κ2) is 6.76. The molecule has 1 unspecified atom stereocenters. The maximum atomic E-state index is 10.1. The summed E-state index contributed by atoms with van der Waals surface area (Å²) in [5.41, 5.74) is 2.21. The van der Waals surface area contributed by atoms with Gasteiger partial charge in [0.25, 0.3) is 0 Å². The minimum atomic E-state index is -0.648. The van der Waals surface area contributed by atoms with Crippen LogP contribution in [0.1, 0.15) is 17.2 Å². The summed E-state index contributed by atoms with van der Waals surface area (Å²) in [6.45, 7) is 0.367. The molecular formula is C15H12BrClN2O. The highest BCUT2D eigenvalue weighted by molar-refractivity contribution is 9.10. The number of aliphatic hydroxyl groups excluding tert-OH is 1. The molecule has 2 aromatic carbocycles. The first-order valence-corrected chi connectivity index (χ1v) is 7.14. The molecule has 2 aromatic rings. The van der Waals surface area contributed by atoms with Crippen LogP contribution in [0.2, 0.25) is 5.02 Å². The van der Waals surface area contributed by atoms with Crippen molar-refractivity contribution in [3.8, 4) is 6.07 Å². The lowest BCUT2D eigenvalue weighted by Gasteiger charge is -2.14. The third-order valence-electron chi connectivity index (χ3n) is 2.84. The zero-order valence-electron chi connectivity index (χ0n) is 10.5. The Balaban J connectivity index is 2.00. The third kappa shape index (κ3) is 3.73. The number of nitriles is 1. The normalized spacial score (nSPS) is 11.7. The van der Waals surface area contributed by atoms with Crippen molar-refractivity contribution in [1.29, 1.82) is 5.26 Å². The molecule has 2 N–H and O–H groups in total. The summed E-state index contributed by atoms with van der Waals surface area (Å²) >= 11 is 9.28. The summed E-state index contributed by atoms with van der Waals surface area (Å²) in [6, 6.07) is 14.3. The zero-order chi connectivity index (χ0) is 14.5. The molecule has 0 heterocycles. The van der Waals surface area contributed by atoms with Crippen LogP contribution in [0.15, 0.2) is 46.9 Å². The monoisotopic (exact) mass is 350 g/mol. The predicted molar refractivity (Wildman–Crippen MR) is 83.8 cm³/mol. The van der Waals surface area contributed by atoms with Crippen LogP contribution in [-0.4, -0.2) is 11.7 Å². The van der Waals surface area contributed by atoms with Gasteiger partial charge < -0.3 is 10.4 Å². The number of hydrogen-bond acceptors (Lipinski definition) is 3. The standard InChI is InChI=1S/C15H12BrClN2O/c16-13-7-12(17)5-6-14(13)19-9-15(20)11-3-1-10(8-18)2-4-11/h1-7,15,19-20H,9H2. The Labute approximate surface area is 130 Å². The molecule has 0 aromatic heterocycles. The maximum Gasteiger partial charge on any atom is 0.0991 e. The molecule has 0 saturated carbocycles. The number of nitrogens with zero attached hydrogens (tertiary/aromatic N) is 1. The average molecular weight is 352 g/mol. The molecule has 0 bridgehead atoms. The Kier molecular flexibility index (Phi) is 5.02. The number of halogens is 2. The number of aliphatic hydroxyl groups is 1. The fourth-order valence-electron chi connectivity index (χ4n) is 1.74. The largest absolute Gasteiger partial charge is 0.387 e. The Bertz CT molecular complexity index is 637. The summed E-state index contributed by atoms with van der Waals surface area (Å²) in [5, 5.41) is 22.6. The smallest absolute Gasteiger partial charge is 0.0991 e. The Morgan fingerprint density at radius 1 is 1.25 bits per heavy atom. The molecule has 3 nitrogen and oxygen atoms in total. The molecule has 0 amide bonds. The number of hydrogen-bond donors (Lipinski definition) is 2. The molecule has 20 heavy (non-hydrogen) atoms. The lowest BCUT2D eigenvalue weighted by atomic mass is 10.1. The zero-order valence-corrected chi connectivity index (χ0v) is 12.8. The van der Waals surface area contributed by atoms with Gasteiger partial charge in [-0.05, 0) is 51.8 Å². The molecular weight excluding hydrogens is 340 g/mol. The van der Waals surface area contributed by atoms with Crippen molar-refractivity contribution in [2.45, 2.75) is 6.10 Å². The van der Waals surface area contributed by atoms with E-state index in [2.05, 4.69) is 21.2 Å². The van der Waals surface area contributed by atoms with Crippen molar-refractivity contribution in [3.05, 3.63) is 63.1 Å². The molecule has 0 saturated heterocycles. The topological polar surface area (TPSA) is 56.0 Å². The first kappa shape index (κ1) is 14.9. The highest BCUT2D eigenvalue weighted by Crippen LogP contribution is 2.26. The second-order valence-corrected chi connectivity index (χ2v) is 5.55. The number of benzene rings is 2. The van der Waals surface area contributed by atoms with Gasteiger partial charge in [-0.15, -0.1) is 0 Å². The van der Waals surface area contributed by atoms with Gasteiger partial charge in [0.2, 0.25) is 0 Å². The van der Waals surface area contributed by atoms with Crippen molar-refractivity contribution >= 4 is 33.2 Å². The van der Waals surface area contributed by atoms with E-state index >= 15 is 0 Å². The third-order valence-corrected chi connectivity index (χ3v) is 3.73. The SMILES string of the molecule is N#Cc1ccc(C(O)CNc2ccc(Cl)cc2Br)cc1. The molecule has 0 spiro atoms. The van der Waals surface area contributed by atoms with Gasteiger partial charge in [-0.25, -0.2) is 0 Å². The molecule has 0 fully saturated rings. The van der Waals surface area contributed by atoms with E-state index in [1.807, 2.05) is 12.1 Å². The average Bonchev–Trinajstić information content (AvgIpc) is 2.46. The van der Waals surface area contributed by atoms with Crippen LogP contribution in [0.5, 0.6) is 0 Å². The van der Waals surface area contributed by atoms with Crippen LogP contribution >= 0.6 is 27.5 Å². The van der Waals surface area contributed by atoms with Crippen LogP contribution < -0.4 is 5.32 Å². The molecule has 102 valence electrons. The lowest BCUT2D eigenvalue weighted by molar-refractivity contribution is 0.191. The Hall–Kier alpha value is -1.54. The fourth-order valence-corrected chi connectivity index (χ4v) is 2.56. The summed E-state index contributed by atoms with van der Waals surface area (Å²) in [4.78, 5) is 0. The van der Waals surface area contributed by atoms with Crippen LogP contribution in [0.4, 0.5) is 5.69 Å². The van der Waals surface area contributed by atoms with Gasteiger partial charge in [0.15, 0.2) is 0 Å². The van der Waals surface area contributed by atoms with Crippen molar-refractivity contribution in [2.24, 2.45) is 0 Å². The van der Waals surface area contributed by atoms with Crippen molar-refractivity contribution < 1.29 is 5.11 Å². The van der Waals surface area contributed by atoms with E-state index in [1.165, 1.54) is 0 Å². The van der Waals surface area contributed by atoms with E-state index in [4.69, 9.17) is 16.9 Å². The van der Waals surface area contributed by atoms with Crippen LogP contribution in [0.3, 0.4) is 0 Å². The highest BCUT2D eigenvalue weighted by Gasteiger charge is 2.08. The van der Waals surface area contributed by atoms with E-state index in [0.29, 0.717) is 17.1 Å². The summed E-state index contributed by atoms with van der Waals surface area (Å²) in [5.74, 6) is 0. The first-order valence-electron chi connectivity index (χ1n) is 5.97. The summed E-state index contributed by atoms with van der Waals surface area (Å²) in [6.07, 6.45) is -0.648. The number of rotatable bonds is 4. The molecule has 0 aliphatic rings. The van der Waals surface area contributed by atoms with Crippen molar-refractivity contribution in [3.63, 3.8) is 0 Å². The molecule has 5 heteroatoms. The van der Waals surface area contributed by atoms with Crippen LogP contribution in [-0.2, 0) is 0 Å². The highest BCUT2D eigenvalue weighted by atomic mass is 79.9. The van der Waals surface area contributed by atoms with Crippen molar-refractivity contribution in [1.82, 2.24) is 0 Å². The second-order valence-electron chi connectivity index (χ2n) is 4.25. The maximum absolute atomic E-state index is 10.1. The minimum Gasteiger partial charge on any atom is -0.387 e. The van der Waals surface area contributed by atoms with Gasteiger partial charge in [-0.2, -0.15) is 5.26 Å². The predicted octanol–water partition coefficient (Wildman–Crippen LogP) is 4.12. The van der Waals surface area contributed by atoms with Gasteiger partial charge in [0.1, 0.15) is 0 Å². The summed E-state index contributed by atoms with van der Waals surface area (Å²) in [7, 11) is 0. The molecule has 0 aliphatic carbocycles. The van der Waals surface area contributed by atoms with E-state index in [9.17, 15) is 5.11 Å². The fraction of sp³-hybridized carbons (Fsp3) is 0.133. The van der Waals surface area contributed by atoms with E-state index in [1.54, 1.807) is 36.4 Å². The molecule has 1 atom stereocenters. The van der Waals surface area contributed by atoms with Gasteiger partial charge in [-0.1, -0.05) is 23.7 Å². The molecule has 2 rings (SSSR count). The van der Waals surface area contributed by atoms with E-state index in [-0.39, 0.29) is 0 Å². The van der Waals surface area contributed by atoms with Gasteiger partial charge in [0, 0.05) is 21.7 Å². The number of nitrogens with one attached hydrogen (secondary N) is 1. The lowest BCUT2D eigenvalue weighted by Crippen LogP contribution is -2.12.